The van der Waals surface area contributed by atoms with Crippen LogP contribution in [0.25, 0.3) is 55.3 Å². The maximum atomic E-state index is 6.22. The molecular weight excluding hydrogens is 691 g/mol. The molecule has 1 aliphatic rings. The molecule has 1 aliphatic carbocycles. The average molecular weight is 728 g/mol. The Balaban J connectivity index is 0.997. The summed E-state index contributed by atoms with van der Waals surface area (Å²) in [6.07, 6.45) is 0. The molecule has 2 nitrogen and oxygen atoms in total. The third kappa shape index (κ3) is 5.33. The van der Waals surface area contributed by atoms with Gasteiger partial charge >= 0.3 is 0 Å². The standard InChI is InChI=1S/C55H37NO/c1-4-16-42(17-5-1)55(43-18-6-2-7-19-43)51-25-12-10-23-47(51)50-36-40(30-34-52(50)55)39-15-14-22-46(35-39)56(44-20-8-3-9-21-44)45-31-27-38(28-32-45)41-29-33-49-48-24-11-13-26-53(48)57-54(49)37-41/h1-37H. The first-order valence-electron chi connectivity index (χ1n) is 19.6. The Hall–Kier alpha value is -7.42. The highest BCUT2D eigenvalue weighted by molar-refractivity contribution is 6.06. The number of anilines is 3. The van der Waals surface area contributed by atoms with E-state index in [0.29, 0.717) is 0 Å². The van der Waals surface area contributed by atoms with Crippen LogP contribution in [0.1, 0.15) is 22.3 Å². The van der Waals surface area contributed by atoms with Gasteiger partial charge in [0.2, 0.25) is 0 Å². The minimum atomic E-state index is -0.414. The molecule has 0 saturated heterocycles. The highest BCUT2D eigenvalue weighted by Crippen LogP contribution is 2.56. The maximum absolute atomic E-state index is 6.22. The van der Waals surface area contributed by atoms with Crippen molar-refractivity contribution < 1.29 is 4.42 Å². The molecule has 0 unspecified atom stereocenters. The Morgan fingerprint density at radius 1 is 0.316 bits per heavy atom. The summed E-state index contributed by atoms with van der Waals surface area (Å²) in [7, 11) is 0. The van der Waals surface area contributed by atoms with Crippen molar-refractivity contribution in [3.05, 3.63) is 247 Å². The lowest BCUT2D eigenvalue weighted by Gasteiger charge is -2.33. The molecule has 0 amide bonds. The van der Waals surface area contributed by atoms with Gasteiger partial charge in [0.25, 0.3) is 0 Å². The van der Waals surface area contributed by atoms with Crippen LogP contribution < -0.4 is 4.90 Å². The van der Waals surface area contributed by atoms with Gasteiger partial charge in [0.1, 0.15) is 11.2 Å². The summed E-state index contributed by atoms with van der Waals surface area (Å²) in [6, 6.07) is 81.2. The number of rotatable bonds is 7. The maximum Gasteiger partial charge on any atom is 0.136 e. The number of hydrogen-bond donors (Lipinski definition) is 0. The van der Waals surface area contributed by atoms with Gasteiger partial charge in [-0.3, -0.25) is 0 Å². The predicted octanol–water partition coefficient (Wildman–Crippen LogP) is 14.8. The zero-order valence-corrected chi connectivity index (χ0v) is 31.2. The average Bonchev–Trinajstić information content (AvgIpc) is 3.81. The van der Waals surface area contributed by atoms with E-state index in [1.165, 1.54) is 44.5 Å². The molecule has 0 saturated carbocycles. The zero-order chi connectivity index (χ0) is 37.8. The molecule has 1 heterocycles. The lowest BCUT2D eigenvalue weighted by molar-refractivity contribution is 0.669. The molecule has 0 fully saturated rings. The van der Waals surface area contributed by atoms with Gasteiger partial charge in [-0.05, 0) is 116 Å². The predicted molar refractivity (Wildman–Crippen MR) is 237 cm³/mol. The Bertz CT molecular complexity index is 3020. The van der Waals surface area contributed by atoms with Crippen molar-refractivity contribution in [1.29, 1.82) is 0 Å². The number of fused-ring (bicyclic) bond motifs is 6. The first kappa shape index (κ1) is 33.0. The van der Waals surface area contributed by atoms with Crippen molar-refractivity contribution in [2.45, 2.75) is 5.41 Å². The van der Waals surface area contributed by atoms with Crippen LogP contribution in [0.5, 0.6) is 0 Å². The van der Waals surface area contributed by atoms with Gasteiger partial charge < -0.3 is 9.32 Å². The van der Waals surface area contributed by atoms with Crippen molar-refractivity contribution in [2.75, 3.05) is 4.90 Å². The van der Waals surface area contributed by atoms with Gasteiger partial charge in [-0.25, -0.2) is 0 Å². The van der Waals surface area contributed by atoms with E-state index in [-0.39, 0.29) is 0 Å². The highest BCUT2D eigenvalue weighted by Gasteiger charge is 2.45. The molecule has 0 bridgehead atoms. The number of para-hydroxylation sites is 2. The minimum absolute atomic E-state index is 0.414. The van der Waals surface area contributed by atoms with Crippen molar-refractivity contribution >= 4 is 39.0 Å². The molecule has 0 spiro atoms. The summed E-state index contributed by atoms with van der Waals surface area (Å²) in [5.41, 5.74) is 17.1. The highest BCUT2D eigenvalue weighted by atomic mass is 16.3. The first-order chi connectivity index (χ1) is 28.3. The summed E-state index contributed by atoms with van der Waals surface area (Å²) in [6.45, 7) is 0. The van der Waals surface area contributed by atoms with Gasteiger partial charge in [0.05, 0.1) is 5.41 Å². The summed E-state index contributed by atoms with van der Waals surface area (Å²) < 4.78 is 6.22. The van der Waals surface area contributed by atoms with Crippen LogP contribution in [-0.2, 0) is 5.41 Å². The van der Waals surface area contributed by atoms with Crippen LogP contribution in [0.4, 0.5) is 17.1 Å². The van der Waals surface area contributed by atoms with Crippen LogP contribution in [0.15, 0.2) is 229 Å². The number of furan rings is 1. The van der Waals surface area contributed by atoms with Crippen LogP contribution in [0.3, 0.4) is 0 Å². The molecular formula is C55H37NO. The largest absolute Gasteiger partial charge is 0.456 e. The van der Waals surface area contributed by atoms with Crippen LogP contribution >= 0.6 is 0 Å². The Morgan fingerprint density at radius 2 is 0.860 bits per heavy atom. The van der Waals surface area contributed by atoms with Gasteiger partial charge in [-0.15, -0.1) is 0 Å². The second-order valence-electron chi connectivity index (χ2n) is 14.9. The van der Waals surface area contributed by atoms with Gasteiger partial charge in [0, 0.05) is 27.8 Å². The van der Waals surface area contributed by atoms with E-state index in [1.807, 2.05) is 12.1 Å². The van der Waals surface area contributed by atoms with Crippen LogP contribution in [-0.4, -0.2) is 0 Å². The smallest absolute Gasteiger partial charge is 0.136 e. The fourth-order valence-corrected chi connectivity index (χ4v) is 9.19. The molecule has 0 aliphatic heterocycles. The number of benzene rings is 9. The fraction of sp³-hybridized carbons (Fsp3) is 0.0182. The van der Waals surface area contributed by atoms with E-state index in [4.69, 9.17) is 4.42 Å². The topological polar surface area (TPSA) is 16.4 Å². The Labute approximate surface area is 332 Å². The molecule has 10 aromatic rings. The van der Waals surface area contributed by atoms with Crippen molar-refractivity contribution in [3.8, 4) is 33.4 Å². The molecule has 0 N–H and O–H groups in total. The van der Waals surface area contributed by atoms with E-state index in [9.17, 15) is 0 Å². The number of hydrogen-bond acceptors (Lipinski definition) is 2. The van der Waals surface area contributed by atoms with E-state index in [2.05, 4.69) is 217 Å². The van der Waals surface area contributed by atoms with Gasteiger partial charge in [-0.2, -0.15) is 0 Å². The first-order valence-corrected chi connectivity index (χ1v) is 19.6. The van der Waals surface area contributed by atoms with Crippen molar-refractivity contribution in [1.82, 2.24) is 0 Å². The quantitative estimate of drug-likeness (QED) is 0.163. The normalized spacial score (nSPS) is 12.7. The molecule has 2 heteroatoms. The molecule has 57 heavy (non-hydrogen) atoms. The Morgan fingerprint density at radius 3 is 1.63 bits per heavy atom. The molecule has 11 rings (SSSR count). The lowest BCUT2D eigenvalue weighted by atomic mass is 9.67. The third-order valence-electron chi connectivity index (χ3n) is 11.7. The van der Waals surface area contributed by atoms with Crippen molar-refractivity contribution in [3.63, 3.8) is 0 Å². The van der Waals surface area contributed by atoms with Crippen LogP contribution in [0, 0.1) is 0 Å². The summed E-state index contributed by atoms with van der Waals surface area (Å²) in [5, 5.41) is 2.28. The van der Waals surface area contributed by atoms with Gasteiger partial charge in [0.15, 0.2) is 0 Å². The second kappa shape index (κ2) is 13.4. The monoisotopic (exact) mass is 727 g/mol. The molecule has 9 aromatic carbocycles. The molecule has 0 radical (unpaired) electrons. The van der Waals surface area contributed by atoms with E-state index in [0.717, 1.165) is 50.1 Å². The summed E-state index contributed by atoms with van der Waals surface area (Å²) in [4.78, 5) is 2.34. The van der Waals surface area contributed by atoms with Crippen molar-refractivity contribution in [2.24, 2.45) is 0 Å². The minimum Gasteiger partial charge on any atom is -0.456 e. The number of nitrogens with zero attached hydrogens (tertiary/aromatic N) is 1. The molecule has 268 valence electrons. The zero-order valence-electron chi connectivity index (χ0n) is 31.2. The van der Waals surface area contributed by atoms with E-state index >= 15 is 0 Å². The molecule has 1 aromatic heterocycles. The third-order valence-corrected chi connectivity index (χ3v) is 11.7. The summed E-state index contributed by atoms with van der Waals surface area (Å²) >= 11 is 0. The molecule has 0 atom stereocenters. The second-order valence-corrected chi connectivity index (χ2v) is 14.9. The van der Waals surface area contributed by atoms with E-state index in [1.54, 1.807) is 0 Å². The SMILES string of the molecule is c1ccc(N(c2ccc(-c3ccc4c(c3)oc3ccccc34)cc2)c2cccc(-c3ccc4c(c3)-c3ccccc3C4(c3ccccc3)c3ccccc3)c2)cc1. The van der Waals surface area contributed by atoms with Crippen LogP contribution in [0.2, 0.25) is 0 Å². The van der Waals surface area contributed by atoms with E-state index < -0.39 is 5.41 Å². The lowest BCUT2D eigenvalue weighted by Crippen LogP contribution is -2.28. The Kier molecular flexibility index (Phi) is 7.75. The van der Waals surface area contributed by atoms with Gasteiger partial charge in [-0.1, -0.05) is 164 Å². The fourth-order valence-electron chi connectivity index (χ4n) is 9.19. The summed E-state index contributed by atoms with van der Waals surface area (Å²) in [5.74, 6) is 0.